The maximum atomic E-state index is 12.5. The Morgan fingerprint density at radius 3 is 2.60 bits per heavy atom. The normalized spacial score (nSPS) is 12.2. The first-order valence-corrected chi connectivity index (χ1v) is 9.28. The van der Waals surface area contributed by atoms with E-state index in [2.05, 4.69) is 25.5 Å². The van der Waals surface area contributed by atoms with Crippen LogP contribution in [0.1, 0.15) is 19.4 Å². The highest BCUT2D eigenvalue weighted by Gasteiger charge is 2.22. The van der Waals surface area contributed by atoms with E-state index >= 15 is 0 Å². The van der Waals surface area contributed by atoms with Gasteiger partial charge in [0, 0.05) is 19.6 Å². The van der Waals surface area contributed by atoms with Crippen LogP contribution in [-0.4, -0.2) is 46.0 Å². The number of hydrogen-bond acceptors (Lipinski definition) is 6. The Labute approximate surface area is 146 Å². The number of hydrogen-bond donors (Lipinski definition) is 2. The highest BCUT2D eigenvalue weighted by atomic mass is 32.2. The third-order valence-corrected chi connectivity index (χ3v) is 6.08. The zero-order valence-corrected chi connectivity index (χ0v) is 15.1. The molecule has 0 aliphatic rings. The lowest BCUT2D eigenvalue weighted by Gasteiger charge is -2.21. The van der Waals surface area contributed by atoms with E-state index in [1.807, 2.05) is 13.8 Å². The third-order valence-electron chi connectivity index (χ3n) is 4.04. The van der Waals surface area contributed by atoms with E-state index in [1.165, 1.54) is 10.6 Å². The Morgan fingerprint density at radius 1 is 1.20 bits per heavy atom. The molecule has 2 aromatic heterocycles. The zero-order chi connectivity index (χ0) is 18.0. The molecule has 0 amide bonds. The molecule has 0 atom stereocenters. The summed E-state index contributed by atoms with van der Waals surface area (Å²) < 4.78 is 26.3. The molecule has 0 aliphatic carbocycles. The minimum Gasteiger partial charge on any atom is -0.365 e. The van der Waals surface area contributed by atoms with Crippen molar-refractivity contribution in [2.45, 2.75) is 31.3 Å². The summed E-state index contributed by atoms with van der Waals surface area (Å²) in [5, 5.41) is 10.8. The van der Waals surface area contributed by atoms with E-state index in [0.29, 0.717) is 18.0 Å². The van der Waals surface area contributed by atoms with Gasteiger partial charge in [0.05, 0.1) is 16.5 Å². The molecule has 0 unspecified atom stereocenters. The summed E-state index contributed by atoms with van der Waals surface area (Å²) in [6.07, 6.45) is 3.12. The molecule has 9 heteroatoms. The van der Waals surface area contributed by atoms with Crippen molar-refractivity contribution in [3.63, 3.8) is 0 Å². The Hall–Kier alpha value is -2.52. The lowest BCUT2D eigenvalue weighted by Crippen LogP contribution is -2.33. The largest absolute Gasteiger partial charge is 0.365 e. The van der Waals surface area contributed by atoms with Crippen LogP contribution in [-0.2, 0) is 16.6 Å². The van der Waals surface area contributed by atoms with Crippen LogP contribution in [0.3, 0.4) is 0 Å². The van der Waals surface area contributed by atoms with Gasteiger partial charge in [-0.15, -0.1) is 0 Å². The fourth-order valence-electron chi connectivity index (χ4n) is 2.31. The first kappa shape index (κ1) is 17.3. The summed E-state index contributed by atoms with van der Waals surface area (Å²) in [4.78, 5) is 8.58. The Bertz CT molecular complexity index is 966. The lowest BCUT2D eigenvalue weighted by atomic mass is 10.2. The average Bonchev–Trinajstić information content (AvgIpc) is 3.08. The van der Waals surface area contributed by atoms with Gasteiger partial charge >= 0.3 is 0 Å². The lowest BCUT2D eigenvalue weighted by molar-refractivity contribution is 0.410. The summed E-state index contributed by atoms with van der Waals surface area (Å²) >= 11 is 0. The molecule has 0 spiro atoms. The van der Waals surface area contributed by atoms with Gasteiger partial charge in [0.15, 0.2) is 5.65 Å². The molecule has 3 rings (SSSR count). The van der Waals surface area contributed by atoms with Crippen molar-refractivity contribution in [3.8, 4) is 0 Å². The maximum absolute atomic E-state index is 12.5. The summed E-state index contributed by atoms with van der Waals surface area (Å²) in [5.41, 5.74) is 1.61. The van der Waals surface area contributed by atoms with Gasteiger partial charge in [-0.25, -0.2) is 18.4 Å². The van der Waals surface area contributed by atoms with Gasteiger partial charge in [0.2, 0.25) is 10.0 Å². The minimum absolute atomic E-state index is 0.0959. The quantitative estimate of drug-likeness (QED) is 0.697. The summed E-state index contributed by atoms with van der Waals surface area (Å²) in [6.45, 7) is 4.19. The maximum Gasteiger partial charge on any atom is 0.243 e. The van der Waals surface area contributed by atoms with Gasteiger partial charge in [0.25, 0.3) is 0 Å². The molecule has 25 heavy (non-hydrogen) atoms. The number of anilines is 1. The molecule has 3 aromatic rings. The van der Waals surface area contributed by atoms with Crippen molar-refractivity contribution in [1.29, 1.82) is 0 Å². The molecule has 0 saturated carbocycles. The number of sulfonamides is 1. The van der Waals surface area contributed by atoms with Gasteiger partial charge < -0.3 is 5.32 Å². The standard InChI is InChI=1S/C16H20N6O2S/c1-11(2)22(3)25(23,24)13-6-4-12(5-7-13)8-17-15-14-9-20-21-16(14)19-10-18-15/h4-7,9-11H,8H2,1-3H3,(H2,17,18,19,20,21). The van der Waals surface area contributed by atoms with E-state index in [1.54, 1.807) is 37.5 Å². The first-order chi connectivity index (χ1) is 11.9. The van der Waals surface area contributed by atoms with Crippen LogP contribution in [0.15, 0.2) is 41.7 Å². The SMILES string of the molecule is CC(C)N(C)S(=O)(=O)c1ccc(CNc2ncnc3[nH]ncc23)cc1. The van der Waals surface area contributed by atoms with Crippen LogP contribution in [0, 0.1) is 0 Å². The number of aromatic nitrogens is 4. The fourth-order valence-corrected chi connectivity index (χ4v) is 3.68. The number of aromatic amines is 1. The second-order valence-corrected chi connectivity index (χ2v) is 7.96. The van der Waals surface area contributed by atoms with E-state index in [4.69, 9.17) is 0 Å². The molecule has 2 heterocycles. The fraction of sp³-hybridized carbons (Fsp3) is 0.312. The van der Waals surface area contributed by atoms with Crippen LogP contribution >= 0.6 is 0 Å². The van der Waals surface area contributed by atoms with Crippen molar-refractivity contribution in [1.82, 2.24) is 24.5 Å². The summed E-state index contributed by atoms with van der Waals surface area (Å²) in [7, 11) is -1.88. The van der Waals surface area contributed by atoms with Gasteiger partial charge in [-0.1, -0.05) is 12.1 Å². The number of nitrogens with one attached hydrogen (secondary N) is 2. The molecule has 132 valence electrons. The molecular formula is C16H20N6O2S. The van der Waals surface area contributed by atoms with Crippen molar-refractivity contribution in [2.24, 2.45) is 0 Å². The number of nitrogens with zero attached hydrogens (tertiary/aromatic N) is 4. The number of benzene rings is 1. The van der Waals surface area contributed by atoms with Gasteiger partial charge in [-0.3, -0.25) is 5.10 Å². The number of rotatable bonds is 6. The number of fused-ring (bicyclic) bond motifs is 1. The highest BCUT2D eigenvalue weighted by molar-refractivity contribution is 7.89. The van der Waals surface area contributed by atoms with Crippen LogP contribution in [0.4, 0.5) is 5.82 Å². The molecule has 0 bridgehead atoms. The molecule has 0 radical (unpaired) electrons. The summed E-state index contributed by atoms with van der Waals surface area (Å²) in [6, 6.07) is 6.74. The molecule has 0 fully saturated rings. The third kappa shape index (κ3) is 3.47. The smallest absolute Gasteiger partial charge is 0.243 e. The molecule has 8 nitrogen and oxygen atoms in total. The Kier molecular flexibility index (Phi) is 4.69. The Balaban J connectivity index is 1.74. The van der Waals surface area contributed by atoms with Crippen LogP contribution in [0.2, 0.25) is 0 Å². The monoisotopic (exact) mass is 360 g/mol. The van der Waals surface area contributed by atoms with E-state index in [9.17, 15) is 8.42 Å². The van der Waals surface area contributed by atoms with Crippen LogP contribution in [0.25, 0.3) is 11.0 Å². The zero-order valence-electron chi connectivity index (χ0n) is 14.3. The molecule has 0 aliphatic heterocycles. The predicted molar refractivity (Wildman–Crippen MR) is 95.5 cm³/mol. The Morgan fingerprint density at radius 2 is 1.92 bits per heavy atom. The van der Waals surface area contributed by atoms with Gasteiger partial charge in [-0.05, 0) is 31.5 Å². The van der Waals surface area contributed by atoms with Gasteiger partial charge in [-0.2, -0.15) is 9.40 Å². The average molecular weight is 360 g/mol. The number of H-pyrrole nitrogens is 1. The van der Waals surface area contributed by atoms with Crippen molar-refractivity contribution in [3.05, 3.63) is 42.4 Å². The second kappa shape index (κ2) is 6.77. The first-order valence-electron chi connectivity index (χ1n) is 7.84. The van der Waals surface area contributed by atoms with E-state index in [-0.39, 0.29) is 10.9 Å². The molecule has 2 N–H and O–H groups in total. The highest BCUT2D eigenvalue weighted by Crippen LogP contribution is 2.19. The van der Waals surface area contributed by atoms with Crippen LogP contribution in [0.5, 0.6) is 0 Å². The molecule has 0 saturated heterocycles. The van der Waals surface area contributed by atoms with Crippen molar-refractivity contribution >= 4 is 26.9 Å². The molecule has 1 aromatic carbocycles. The van der Waals surface area contributed by atoms with Crippen molar-refractivity contribution < 1.29 is 8.42 Å². The van der Waals surface area contributed by atoms with Gasteiger partial charge in [0.1, 0.15) is 12.1 Å². The topological polar surface area (TPSA) is 104 Å². The second-order valence-electron chi connectivity index (χ2n) is 5.97. The summed E-state index contributed by atoms with van der Waals surface area (Å²) in [5.74, 6) is 0.676. The van der Waals surface area contributed by atoms with Crippen molar-refractivity contribution in [2.75, 3.05) is 12.4 Å². The van der Waals surface area contributed by atoms with E-state index < -0.39 is 10.0 Å². The van der Waals surface area contributed by atoms with Crippen LogP contribution < -0.4 is 5.32 Å². The molecular weight excluding hydrogens is 340 g/mol. The minimum atomic E-state index is -3.46. The predicted octanol–water partition coefficient (Wildman–Crippen LogP) is 1.99. The van der Waals surface area contributed by atoms with E-state index in [0.717, 1.165) is 10.9 Å².